The van der Waals surface area contributed by atoms with Gasteiger partial charge in [-0.2, -0.15) is 0 Å². The molecule has 0 aromatic carbocycles. The highest BCUT2D eigenvalue weighted by molar-refractivity contribution is 5.83. The van der Waals surface area contributed by atoms with Crippen molar-refractivity contribution in [3.05, 3.63) is 0 Å². The molecule has 0 bridgehead atoms. The molecular weight excluding hydrogens is 220 g/mol. The summed E-state index contributed by atoms with van der Waals surface area (Å²) in [5, 5.41) is 8.96. The van der Waals surface area contributed by atoms with Crippen LogP contribution in [0.4, 0.5) is 0 Å². The maximum atomic E-state index is 11.8. The number of carbonyl (C=O) groups is 2. The van der Waals surface area contributed by atoms with E-state index in [-0.39, 0.29) is 12.5 Å². The number of likely N-dealkylation sites (tertiary alicyclic amines) is 1. The van der Waals surface area contributed by atoms with Gasteiger partial charge < -0.3 is 15.7 Å². The van der Waals surface area contributed by atoms with Crippen LogP contribution in [0.3, 0.4) is 0 Å². The molecule has 1 rings (SSSR count). The van der Waals surface area contributed by atoms with Gasteiger partial charge in [-0.3, -0.25) is 9.59 Å². The molecule has 0 aromatic rings. The molecule has 0 aliphatic carbocycles. The Bertz CT molecular complexity index is 293. The molecule has 5 nitrogen and oxygen atoms in total. The van der Waals surface area contributed by atoms with Crippen LogP contribution < -0.4 is 5.73 Å². The minimum atomic E-state index is -1.24. The average molecular weight is 242 g/mol. The molecule has 1 unspecified atom stereocenters. The van der Waals surface area contributed by atoms with Crippen LogP contribution in [0.25, 0.3) is 0 Å². The molecule has 17 heavy (non-hydrogen) atoms. The average Bonchev–Trinajstić information content (AvgIpc) is 2.69. The molecule has 1 heterocycles. The minimum Gasteiger partial charge on any atom is -0.480 e. The van der Waals surface area contributed by atoms with Gasteiger partial charge in [0.15, 0.2) is 0 Å². The molecule has 5 heteroatoms. The van der Waals surface area contributed by atoms with E-state index in [1.54, 1.807) is 4.90 Å². The van der Waals surface area contributed by atoms with E-state index in [9.17, 15) is 9.59 Å². The first-order valence-electron chi connectivity index (χ1n) is 6.29. The van der Waals surface area contributed by atoms with Crippen LogP contribution in [-0.4, -0.2) is 40.5 Å². The lowest BCUT2D eigenvalue weighted by molar-refractivity contribution is -0.143. The Morgan fingerprint density at radius 1 is 1.35 bits per heavy atom. The molecule has 1 fully saturated rings. The summed E-state index contributed by atoms with van der Waals surface area (Å²) in [6.45, 7) is 2.74. The van der Waals surface area contributed by atoms with Crippen LogP contribution >= 0.6 is 0 Å². The normalized spacial score (nSPS) is 24.0. The molecule has 1 aliphatic heterocycles. The first-order valence-corrected chi connectivity index (χ1v) is 6.29. The zero-order valence-corrected chi connectivity index (χ0v) is 10.4. The number of nitrogens with zero attached hydrogens (tertiary/aromatic N) is 1. The van der Waals surface area contributed by atoms with E-state index >= 15 is 0 Å². The molecule has 98 valence electrons. The van der Waals surface area contributed by atoms with Crippen molar-refractivity contribution in [1.29, 1.82) is 0 Å². The van der Waals surface area contributed by atoms with Gasteiger partial charge in [-0.1, -0.05) is 26.2 Å². The molecule has 0 spiro atoms. The zero-order valence-electron chi connectivity index (χ0n) is 10.4. The second kappa shape index (κ2) is 6.00. The van der Waals surface area contributed by atoms with Gasteiger partial charge in [0.2, 0.25) is 5.91 Å². The highest BCUT2D eigenvalue weighted by Gasteiger charge is 2.42. The number of carbonyl (C=O) groups excluding carboxylic acids is 1. The monoisotopic (exact) mass is 242 g/mol. The SMILES string of the molecule is CCCCCCC(=O)N1CCC(N)(C(=O)O)C1. The van der Waals surface area contributed by atoms with Crippen LogP contribution in [0.5, 0.6) is 0 Å². The van der Waals surface area contributed by atoms with Gasteiger partial charge in [-0.05, 0) is 12.8 Å². The third-order valence-corrected chi connectivity index (χ3v) is 3.32. The number of rotatable bonds is 6. The summed E-state index contributed by atoms with van der Waals surface area (Å²) in [7, 11) is 0. The highest BCUT2D eigenvalue weighted by atomic mass is 16.4. The van der Waals surface area contributed by atoms with Gasteiger partial charge in [0.05, 0.1) is 0 Å². The number of aliphatic carboxylic acids is 1. The lowest BCUT2D eigenvalue weighted by atomic mass is 10.0. The number of hydrogen-bond acceptors (Lipinski definition) is 3. The first kappa shape index (κ1) is 14.0. The predicted octanol–water partition coefficient (Wildman–Crippen LogP) is 0.971. The van der Waals surface area contributed by atoms with Gasteiger partial charge in [-0.25, -0.2) is 0 Å². The summed E-state index contributed by atoms with van der Waals surface area (Å²) in [5.74, 6) is -0.978. The van der Waals surface area contributed by atoms with Crippen molar-refractivity contribution in [1.82, 2.24) is 4.90 Å². The fourth-order valence-corrected chi connectivity index (χ4v) is 2.08. The Morgan fingerprint density at radius 3 is 2.59 bits per heavy atom. The van der Waals surface area contributed by atoms with E-state index in [0.29, 0.717) is 19.4 Å². The quantitative estimate of drug-likeness (QED) is 0.680. The fourth-order valence-electron chi connectivity index (χ4n) is 2.08. The number of carboxylic acid groups (broad SMARTS) is 1. The van der Waals surface area contributed by atoms with Crippen LogP contribution in [0.2, 0.25) is 0 Å². The Morgan fingerprint density at radius 2 is 2.06 bits per heavy atom. The summed E-state index contributed by atoms with van der Waals surface area (Å²) in [6.07, 6.45) is 5.08. The van der Waals surface area contributed by atoms with Crippen molar-refractivity contribution in [2.75, 3.05) is 13.1 Å². The first-order chi connectivity index (χ1) is 7.99. The molecule has 1 atom stereocenters. The number of amides is 1. The maximum absolute atomic E-state index is 11.8. The summed E-state index contributed by atoms with van der Waals surface area (Å²) < 4.78 is 0. The molecular formula is C12H22N2O3. The number of unbranched alkanes of at least 4 members (excludes halogenated alkanes) is 3. The molecule has 0 aromatic heterocycles. The van der Waals surface area contributed by atoms with E-state index in [0.717, 1.165) is 25.7 Å². The minimum absolute atomic E-state index is 0.0367. The smallest absolute Gasteiger partial charge is 0.325 e. The van der Waals surface area contributed by atoms with Gasteiger partial charge in [0.25, 0.3) is 0 Å². The highest BCUT2D eigenvalue weighted by Crippen LogP contribution is 2.20. The number of nitrogens with two attached hydrogens (primary N) is 1. The molecule has 1 amide bonds. The van der Waals surface area contributed by atoms with Gasteiger partial charge in [0.1, 0.15) is 5.54 Å². The summed E-state index contributed by atoms with van der Waals surface area (Å²) >= 11 is 0. The van der Waals surface area contributed by atoms with Crippen LogP contribution in [-0.2, 0) is 9.59 Å². The Labute approximate surface area is 102 Å². The van der Waals surface area contributed by atoms with Crippen molar-refractivity contribution in [3.8, 4) is 0 Å². The molecule has 1 aliphatic rings. The van der Waals surface area contributed by atoms with Gasteiger partial charge >= 0.3 is 5.97 Å². The fraction of sp³-hybridized carbons (Fsp3) is 0.833. The lowest BCUT2D eigenvalue weighted by Crippen LogP contribution is -2.50. The van der Waals surface area contributed by atoms with Crippen molar-refractivity contribution < 1.29 is 14.7 Å². The topological polar surface area (TPSA) is 83.6 Å². The van der Waals surface area contributed by atoms with Crippen molar-refractivity contribution in [2.45, 2.75) is 51.0 Å². The van der Waals surface area contributed by atoms with Crippen molar-refractivity contribution >= 4 is 11.9 Å². The predicted molar refractivity (Wildman–Crippen MR) is 64.5 cm³/mol. The van der Waals surface area contributed by atoms with E-state index in [4.69, 9.17) is 10.8 Å². The number of hydrogen-bond donors (Lipinski definition) is 2. The summed E-state index contributed by atoms with van der Waals surface area (Å²) in [6, 6.07) is 0. The Hall–Kier alpha value is -1.10. The second-order valence-corrected chi connectivity index (χ2v) is 4.84. The third kappa shape index (κ3) is 3.70. The van der Waals surface area contributed by atoms with E-state index in [1.165, 1.54) is 0 Å². The van der Waals surface area contributed by atoms with Crippen LogP contribution in [0, 0.1) is 0 Å². The standard InChI is InChI=1S/C12H22N2O3/c1-2-3-4-5-6-10(15)14-8-7-12(13,9-14)11(16)17/h2-9,13H2,1H3,(H,16,17). The van der Waals surface area contributed by atoms with E-state index in [1.807, 2.05) is 0 Å². The second-order valence-electron chi connectivity index (χ2n) is 4.84. The van der Waals surface area contributed by atoms with E-state index in [2.05, 4.69) is 6.92 Å². The summed E-state index contributed by atoms with van der Waals surface area (Å²) in [5.41, 5.74) is 4.48. The summed E-state index contributed by atoms with van der Waals surface area (Å²) in [4.78, 5) is 24.3. The lowest BCUT2D eigenvalue weighted by Gasteiger charge is -2.20. The number of carboxylic acids is 1. The Kier molecular flexibility index (Phi) is 4.93. The van der Waals surface area contributed by atoms with Gasteiger partial charge in [-0.15, -0.1) is 0 Å². The maximum Gasteiger partial charge on any atom is 0.325 e. The largest absolute Gasteiger partial charge is 0.480 e. The van der Waals surface area contributed by atoms with Crippen molar-refractivity contribution in [3.63, 3.8) is 0 Å². The zero-order chi connectivity index (χ0) is 12.9. The molecule has 3 N–H and O–H groups in total. The third-order valence-electron chi connectivity index (χ3n) is 3.32. The van der Waals surface area contributed by atoms with Crippen LogP contribution in [0.1, 0.15) is 45.4 Å². The Balaban J connectivity index is 2.33. The molecule has 0 saturated carbocycles. The van der Waals surface area contributed by atoms with Crippen LogP contribution in [0.15, 0.2) is 0 Å². The molecule has 0 radical (unpaired) electrons. The molecule has 1 saturated heterocycles. The van der Waals surface area contributed by atoms with Gasteiger partial charge in [0, 0.05) is 19.5 Å². The van der Waals surface area contributed by atoms with Crippen molar-refractivity contribution in [2.24, 2.45) is 5.73 Å². The van der Waals surface area contributed by atoms with E-state index < -0.39 is 11.5 Å².